The van der Waals surface area contributed by atoms with Gasteiger partial charge < -0.3 is 113 Å². The van der Waals surface area contributed by atoms with E-state index in [0.717, 1.165) is 0 Å². The Hall–Kier alpha value is -1.48. The third kappa shape index (κ3) is 49.6. The van der Waals surface area contributed by atoms with Crippen molar-refractivity contribution < 1.29 is 175 Å². The van der Waals surface area contributed by atoms with Crippen LogP contribution in [0.3, 0.4) is 0 Å². The van der Waals surface area contributed by atoms with E-state index in [4.69, 9.17) is 59.4 Å². The first kappa shape index (κ1) is 76.5. The van der Waals surface area contributed by atoms with Gasteiger partial charge in [0, 0.05) is 62.2 Å². The molecule has 3 rings (SSSR count). The molecule has 0 spiro atoms. The van der Waals surface area contributed by atoms with Crippen LogP contribution in [0.5, 0.6) is 0 Å². The number of carboxylic acid groups (broad SMARTS) is 6. The van der Waals surface area contributed by atoms with E-state index in [1.807, 2.05) is 9.80 Å². The van der Waals surface area contributed by atoms with Gasteiger partial charge in [-0.15, -0.1) is 0 Å². The molecular weight excluding hydrogens is 968 g/mol. The van der Waals surface area contributed by atoms with Crippen LogP contribution in [0.2, 0.25) is 0 Å². The van der Waals surface area contributed by atoms with Gasteiger partial charge in [-0.3, -0.25) is 0 Å². The van der Waals surface area contributed by atoms with E-state index in [9.17, 15) is 0 Å². The smallest absolute Gasteiger partial charge is 0.127 e. The first-order valence-electron chi connectivity index (χ1n) is 6.82. The molecule has 0 amide bonds. The number of rotatable bonds is 0. The molecular formula is C12H24N2O20U2-10. The number of piperazine rings is 3. The zero-order valence-corrected chi connectivity index (χ0v) is 26.3. The number of carbonyl (C=O) groups is 6. The van der Waals surface area contributed by atoms with Gasteiger partial charge in [-0.2, -0.15) is 0 Å². The van der Waals surface area contributed by atoms with Gasteiger partial charge in [-0.05, 0) is 0 Å². The van der Waals surface area contributed by atoms with Crippen molar-refractivity contribution in [3.63, 3.8) is 0 Å². The number of hydrogen-bond donors (Lipinski definition) is 2. The van der Waals surface area contributed by atoms with Crippen LogP contribution in [0, 0.1) is 62.2 Å². The first-order chi connectivity index (χ1) is 11.9. The molecule has 0 aliphatic carbocycles. The molecule has 0 radical (unpaired) electrons. The maximum Gasteiger partial charge on any atom is 0.127 e. The second kappa shape index (κ2) is 43.6. The van der Waals surface area contributed by atoms with Crippen molar-refractivity contribution in [2.45, 2.75) is 0 Å². The standard InChI is InChI=1S/C6H12N2.3C2H2O4.4H2O.4O.2U/c1-2-8-5-3-7(1)4-6-8;3*3-1(4)2(5)6;;;;;;;;;;/h1-6H2;3*(H,3,4)(H,5,6);4*1H2;;;;;;/q;;;;;;;;4*-2;;/p-2. The first-order valence-corrected chi connectivity index (χ1v) is 6.82. The molecule has 36 heavy (non-hydrogen) atoms. The molecule has 0 atom stereocenters. The van der Waals surface area contributed by atoms with Gasteiger partial charge in [-0.25, -0.2) is 0 Å². The number of nitrogens with one attached hydrogen (secondary N) is 2. The third-order valence-corrected chi connectivity index (χ3v) is 3.00. The van der Waals surface area contributed by atoms with E-state index in [1.54, 1.807) is 0 Å². The van der Waals surface area contributed by atoms with Crippen LogP contribution in [0.4, 0.5) is 0 Å². The van der Waals surface area contributed by atoms with E-state index in [1.165, 1.54) is 39.3 Å². The second-order valence-electron chi connectivity index (χ2n) is 4.72. The van der Waals surface area contributed by atoms with E-state index in [2.05, 4.69) is 0 Å². The Labute approximate surface area is 249 Å². The van der Waals surface area contributed by atoms with E-state index in [-0.39, 0.29) is 106 Å². The van der Waals surface area contributed by atoms with Crippen LogP contribution in [0.1, 0.15) is 0 Å². The van der Waals surface area contributed by atoms with Gasteiger partial charge in [0.25, 0.3) is 0 Å². The largest absolute Gasteiger partial charge is 2.00 e. The fourth-order valence-corrected chi connectivity index (χ4v) is 1.81. The molecule has 0 aromatic rings. The summed E-state index contributed by atoms with van der Waals surface area (Å²) in [5.74, 6) is -13.1. The summed E-state index contributed by atoms with van der Waals surface area (Å²) in [6.45, 7) is 8.64. The summed E-state index contributed by atoms with van der Waals surface area (Å²) in [5.41, 5.74) is 0. The zero-order chi connectivity index (χ0) is 20.9. The average molecular weight is 992 g/mol. The van der Waals surface area contributed by atoms with Gasteiger partial charge in [0.15, 0.2) is 0 Å². The summed E-state index contributed by atoms with van der Waals surface area (Å²) in [6.07, 6.45) is 0. The van der Waals surface area contributed by atoms with E-state index < -0.39 is 35.8 Å². The van der Waals surface area contributed by atoms with Gasteiger partial charge in [-0.1, -0.05) is 0 Å². The molecule has 24 heteroatoms. The number of aliphatic carboxylic acids is 6. The maximum atomic E-state index is 8.93. The molecule has 0 aromatic carbocycles. The van der Waals surface area contributed by atoms with Crippen molar-refractivity contribution in [3.8, 4) is 0 Å². The molecule has 22 nitrogen and oxygen atoms in total. The minimum atomic E-state index is -2.19. The number of fused-ring (bicyclic) bond motifs is 3. The van der Waals surface area contributed by atoms with Crippen molar-refractivity contribution >= 4 is 35.8 Å². The average Bonchev–Trinajstić information content (AvgIpc) is 2.58. The summed E-state index contributed by atoms with van der Waals surface area (Å²) >= 11 is 0. The Morgan fingerprint density at radius 2 is 0.472 bits per heavy atom. The van der Waals surface area contributed by atoms with Gasteiger partial charge in [0.05, 0.1) is 35.8 Å². The Bertz CT molecular complexity index is 441. The van der Waals surface area contributed by atoms with Crippen LogP contribution >= 0.6 is 0 Å². The fraction of sp³-hybridized carbons (Fsp3) is 0.500. The Morgan fingerprint density at radius 3 is 0.500 bits per heavy atom. The maximum absolute atomic E-state index is 8.93. The Kier molecular flexibility index (Phi) is 92.6. The molecule has 3 aliphatic rings. The van der Waals surface area contributed by atoms with Crippen LogP contribution in [-0.4, -0.2) is 86.0 Å². The van der Waals surface area contributed by atoms with E-state index in [0.29, 0.717) is 0 Å². The molecule has 0 aromatic heterocycles. The zero-order valence-electron chi connectivity index (χ0n) is 17.9. The fourth-order valence-electron chi connectivity index (χ4n) is 1.81. The Balaban J connectivity index is -0.0000000197. The van der Waals surface area contributed by atoms with Gasteiger partial charge in [0.2, 0.25) is 0 Å². The SMILES string of the molecule is C1C[NH+]2CC[NH+]1CC2.O.O.O=C([O-])C(=O)[O-].O=C([O-])C(=O)[O-].O=C([O-])C(=O)[O-].[O-2].[O-2].[O-2].[O-2].[OH3+].[OH3+].[U].[U]. The number of carboxylic acids is 6. The minimum absolute atomic E-state index is 0. The predicted molar refractivity (Wildman–Crippen MR) is 80.9 cm³/mol. The summed E-state index contributed by atoms with van der Waals surface area (Å²) in [4.78, 5) is 57.2. The number of quaternary nitrogens is 2. The molecule has 0 saturated carbocycles. The number of hydrogen-bond acceptors (Lipinski definition) is 12. The summed E-state index contributed by atoms with van der Waals surface area (Å²) in [6, 6.07) is 0. The van der Waals surface area contributed by atoms with Crippen molar-refractivity contribution in [3.05, 3.63) is 0 Å². The molecule has 3 heterocycles. The molecule has 3 saturated heterocycles. The molecule has 3 aliphatic heterocycles. The van der Waals surface area contributed by atoms with Crippen molar-refractivity contribution in [1.29, 1.82) is 0 Å². The topological polar surface area (TPSA) is 493 Å². The quantitative estimate of drug-likeness (QED) is 0.169. The Morgan fingerprint density at radius 1 is 0.389 bits per heavy atom. The van der Waals surface area contributed by atoms with E-state index >= 15 is 0 Å². The molecule has 0 unspecified atom stereocenters. The van der Waals surface area contributed by atoms with Crippen LogP contribution in [0.15, 0.2) is 0 Å². The van der Waals surface area contributed by atoms with Crippen LogP contribution in [0.25, 0.3) is 0 Å². The molecule has 3 fully saturated rings. The van der Waals surface area contributed by atoms with Gasteiger partial charge >= 0.3 is 0 Å². The van der Waals surface area contributed by atoms with Crippen LogP contribution in [-0.2, 0) is 61.6 Å². The molecule has 2 bridgehead atoms. The molecule has 12 N–H and O–H groups in total. The molecule has 220 valence electrons. The summed E-state index contributed by atoms with van der Waals surface area (Å²) < 4.78 is 0. The third-order valence-electron chi connectivity index (χ3n) is 3.00. The van der Waals surface area contributed by atoms with Crippen molar-refractivity contribution in [2.75, 3.05) is 39.3 Å². The normalized spacial score (nSPS) is 13.7. The van der Waals surface area contributed by atoms with Crippen molar-refractivity contribution in [1.82, 2.24) is 0 Å². The minimum Gasteiger partial charge on any atom is -2.00 e. The predicted octanol–water partition coefficient (Wildman–Crippen LogP) is -17.7. The number of carbonyl (C=O) groups excluding carboxylic acids is 6. The summed E-state index contributed by atoms with van der Waals surface area (Å²) in [7, 11) is 0. The van der Waals surface area contributed by atoms with Gasteiger partial charge in [0.1, 0.15) is 39.3 Å². The summed E-state index contributed by atoms with van der Waals surface area (Å²) in [5, 5.41) is 53.6. The monoisotopic (exact) mass is 992 g/mol. The van der Waals surface area contributed by atoms with Crippen LogP contribution < -0.4 is 40.4 Å². The van der Waals surface area contributed by atoms with Crippen molar-refractivity contribution in [2.24, 2.45) is 0 Å². The second-order valence-corrected chi connectivity index (χ2v) is 4.72.